The van der Waals surface area contributed by atoms with Crippen molar-refractivity contribution in [1.29, 1.82) is 0 Å². The van der Waals surface area contributed by atoms with Crippen LogP contribution < -0.4 is 4.90 Å². The van der Waals surface area contributed by atoms with Crippen LogP contribution in [0.3, 0.4) is 0 Å². The van der Waals surface area contributed by atoms with Crippen LogP contribution in [-0.2, 0) is 6.54 Å². The van der Waals surface area contributed by atoms with Gasteiger partial charge < -0.3 is 4.90 Å². The monoisotopic (exact) mass is 307 g/mol. The second-order valence-corrected chi connectivity index (χ2v) is 5.34. The molecule has 0 bridgehead atoms. The lowest BCUT2D eigenvalue weighted by atomic mass is 10.1. The molecule has 0 N–H and O–H groups in total. The zero-order valence-electron chi connectivity index (χ0n) is 12.0. The molecule has 3 rings (SSSR count). The van der Waals surface area contributed by atoms with E-state index in [1.54, 1.807) is 6.07 Å². The normalized spacial score (nSPS) is 16.0. The molecular weight excluding hydrogens is 291 g/mol. The van der Waals surface area contributed by atoms with Gasteiger partial charge in [0.05, 0.1) is 0 Å². The first-order valence-corrected chi connectivity index (χ1v) is 7.14. The number of rotatable bonds is 3. The molecule has 0 atom stereocenters. The summed E-state index contributed by atoms with van der Waals surface area (Å²) >= 11 is 0. The Hall–Kier alpha value is -2.08. The molecule has 1 saturated heterocycles. The summed E-state index contributed by atoms with van der Waals surface area (Å²) in [5.74, 6) is -1.57. The summed E-state index contributed by atoms with van der Waals surface area (Å²) in [5, 5.41) is 0. The van der Waals surface area contributed by atoms with Crippen LogP contribution in [0.15, 0.2) is 36.5 Å². The van der Waals surface area contributed by atoms with Crippen LogP contribution in [0.1, 0.15) is 5.56 Å². The van der Waals surface area contributed by atoms with Crippen molar-refractivity contribution in [3.05, 3.63) is 59.7 Å². The van der Waals surface area contributed by atoms with E-state index in [0.717, 1.165) is 37.9 Å². The van der Waals surface area contributed by atoms with Crippen molar-refractivity contribution in [3.8, 4) is 0 Å². The number of piperazine rings is 1. The summed E-state index contributed by atoms with van der Waals surface area (Å²) in [6.45, 7) is 3.38. The zero-order valence-corrected chi connectivity index (χ0v) is 12.0. The molecule has 0 saturated carbocycles. The third-order valence-electron chi connectivity index (χ3n) is 3.86. The third-order valence-corrected chi connectivity index (χ3v) is 3.86. The maximum atomic E-state index is 13.7. The van der Waals surface area contributed by atoms with Gasteiger partial charge in [0.1, 0.15) is 11.6 Å². The molecule has 1 aromatic heterocycles. The highest BCUT2D eigenvalue weighted by atomic mass is 19.1. The van der Waals surface area contributed by atoms with Gasteiger partial charge in [-0.3, -0.25) is 4.90 Å². The van der Waals surface area contributed by atoms with Gasteiger partial charge in [-0.05, 0) is 12.1 Å². The van der Waals surface area contributed by atoms with Crippen molar-refractivity contribution in [2.75, 3.05) is 31.1 Å². The summed E-state index contributed by atoms with van der Waals surface area (Å²) in [5.41, 5.74) is 1.30. The lowest BCUT2D eigenvalue weighted by Gasteiger charge is -2.36. The van der Waals surface area contributed by atoms with Gasteiger partial charge in [-0.25, -0.2) is 13.8 Å². The molecule has 0 aliphatic carbocycles. The molecule has 3 nitrogen and oxygen atoms in total. The molecule has 0 radical (unpaired) electrons. The van der Waals surface area contributed by atoms with E-state index in [1.807, 2.05) is 0 Å². The number of benzene rings is 1. The number of halogens is 3. The maximum absolute atomic E-state index is 13.7. The average molecular weight is 307 g/mol. The lowest BCUT2D eigenvalue weighted by Crippen LogP contribution is -2.46. The maximum Gasteiger partial charge on any atom is 0.214 e. The Morgan fingerprint density at radius 1 is 0.955 bits per heavy atom. The van der Waals surface area contributed by atoms with E-state index in [-0.39, 0.29) is 0 Å². The second-order valence-electron chi connectivity index (χ2n) is 5.34. The molecule has 2 aromatic rings. The molecule has 6 heteroatoms. The topological polar surface area (TPSA) is 19.4 Å². The SMILES string of the molecule is Fc1ccc(CN2CCN(c3ccnc(F)c3)CC2)c(F)c1. The number of nitrogens with zero attached hydrogens (tertiary/aromatic N) is 3. The van der Waals surface area contributed by atoms with Crippen molar-refractivity contribution in [1.82, 2.24) is 9.88 Å². The minimum Gasteiger partial charge on any atom is -0.369 e. The Bertz CT molecular complexity index is 655. The quantitative estimate of drug-likeness (QED) is 0.813. The standard InChI is InChI=1S/C16H16F3N3/c17-13-2-1-12(15(18)9-13)11-21-5-7-22(8-6-21)14-3-4-20-16(19)10-14/h1-4,9-10H,5-8,11H2. The van der Waals surface area contributed by atoms with Crippen molar-refractivity contribution in [3.63, 3.8) is 0 Å². The molecule has 1 aliphatic rings. The number of anilines is 1. The highest BCUT2D eigenvalue weighted by Crippen LogP contribution is 2.18. The fourth-order valence-electron chi connectivity index (χ4n) is 2.64. The van der Waals surface area contributed by atoms with Gasteiger partial charge in [-0.15, -0.1) is 0 Å². The van der Waals surface area contributed by atoms with Crippen LogP contribution in [0, 0.1) is 17.6 Å². The first-order chi connectivity index (χ1) is 10.6. The Labute approximate surface area is 127 Å². The average Bonchev–Trinajstić information content (AvgIpc) is 2.51. The van der Waals surface area contributed by atoms with Crippen LogP contribution in [0.4, 0.5) is 18.9 Å². The second kappa shape index (κ2) is 6.36. The third kappa shape index (κ3) is 3.39. The molecule has 1 fully saturated rings. The largest absolute Gasteiger partial charge is 0.369 e. The summed E-state index contributed by atoms with van der Waals surface area (Å²) in [6, 6.07) is 6.85. The number of hydrogen-bond donors (Lipinski definition) is 0. The minimum absolute atomic E-state index is 0.449. The summed E-state index contributed by atoms with van der Waals surface area (Å²) in [6.07, 6.45) is 1.45. The number of aromatic nitrogens is 1. The molecule has 22 heavy (non-hydrogen) atoms. The molecule has 1 aromatic carbocycles. The van der Waals surface area contributed by atoms with E-state index in [2.05, 4.69) is 14.8 Å². The van der Waals surface area contributed by atoms with Crippen LogP contribution in [-0.4, -0.2) is 36.1 Å². The van der Waals surface area contributed by atoms with Crippen LogP contribution in [0.5, 0.6) is 0 Å². The lowest BCUT2D eigenvalue weighted by molar-refractivity contribution is 0.246. The predicted molar refractivity (Wildman–Crippen MR) is 78.0 cm³/mol. The Kier molecular flexibility index (Phi) is 4.29. The van der Waals surface area contributed by atoms with Gasteiger partial charge in [-0.1, -0.05) is 6.07 Å². The van der Waals surface area contributed by atoms with Crippen LogP contribution in [0.25, 0.3) is 0 Å². The van der Waals surface area contributed by atoms with Crippen molar-refractivity contribution in [2.45, 2.75) is 6.54 Å². The van der Waals surface area contributed by atoms with Gasteiger partial charge in [0, 0.05) is 62.3 Å². The minimum atomic E-state index is -0.564. The van der Waals surface area contributed by atoms with Gasteiger partial charge in [0.25, 0.3) is 0 Å². The fourth-order valence-corrected chi connectivity index (χ4v) is 2.64. The predicted octanol–water partition coefficient (Wildman–Crippen LogP) is 2.82. The van der Waals surface area contributed by atoms with Gasteiger partial charge in [-0.2, -0.15) is 4.39 Å². The molecular formula is C16H16F3N3. The summed E-state index contributed by atoms with van der Waals surface area (Å²) in [7, 11) is 0. The first-order valence-electron chi connectivity index (χ1n) is 7.14. The van der Waals surface area contributed by atoms with Crippen LogP contribution in [0.2, 0.25) is 0 Å². The van der Waals surface area contributed by atoms with E-state index >= 15 is 0 Å². The Balaban J connectivity index is 1.60. The fraction of sp³-hybridized carbons (Fsp3) is 0.312. The first kappa shape index (κ1) is 14.8. The molecule has 0 spiro atoms. The number of hydrogen-bond acceptors (Lipinski definition) is 3. The smallest absolute Gasteiger partial charge is 0.214 e. The summed E-state index contributed by atoms with van der Waals surface area (Å²) < 4.78 is 39.7. The summed E-state index contributed by atoms with van der Waals surface area (Å²) in [4.78, 5) is 7.72. The molecule has 1 aliphatic heterocycles. The molecule has 2 heterocycles. The Morgan fingerprint density at radius 3 is 2.41 bits per heavy atom. The van der Waals surface area contributed by atoms with E-state index in [0.29, 0.717) is 12.1 Å². The van der Waals surface area contributed by atoms with E-state index in [9.17, 15) is 13.2 Å². The Morgan fingerprint density at radius 2 is 1.73 bits per heavy atom. The van der Waals surface area contributed by atoms with Crippen molar-refractivity contribution < 1.29 is 13.2 Å². The van der Waals surface area contributed by atoms with Crippen molar-refractivity contribution >= 4 is 5.69 Å². The van der Waals surface area contributed by atoms with E-state index in [4.69, 9.17) is 0 Å². The highest BCUT2D eigenvalue weighted by molar-refractivity contribution is 5.45. The van der Waals surface area contributed by atoms with Gasteiger partial charge in [0.2, 0.25) is 5.95 Å². The highest BCUT2D eigenvalue weighted by Gasteiger charge is 2.18. The van der Waals surface area contributed by atoms with E-state index in [1.165, 1.54) is 24.4 Å². The molecule has 0 amide bonds. The van der Waals surface area contributed by atoms with E-state index < -0.39 is 17.6 Å². The van der Waals surface area contributed by atoms with Gasteiger partial charge in [0.15, 0.2) is 0 Å². The van der Waals surface area contributed by atoms with Crippen LogP contribution >= 0.6 is 0 Å². The zero-order chi connectivity index (χ0) is 15.5. The molecule has 0 unspecified atom stereocenters. The van der Waals surface area contributed by atoms with Gasteiger partial charge >= 0.3 is 0 Å². The number of pyridine rings is 1. The molecule has 116 valence electrons. The van der Waals surface area contributed by atoms with Crippen molar-refractivity contribution in [2.24, 2.45) is 0 Å².